The van der Waals surface area contributed by atoms with Crippen LogP contribution >= 0.6 is 0 Å². The van der Waals surface area contributed by atoms with E-state index < -0.39 is 4.92 Å². The van der Waals surface area contributed by atoms with Crippen molar-refractivity contribution in [2.75, 3.05) is 26.2 Å². The highest BCUT2D eigenvalue weighted by Gasteiger charge is 2.27. The number of non-ortho nitro benzene ring substituents is 1. The summed E-state index contributed by atoms with van der Waals surface area (Å²) in [5.74, 6) is 0.619. The summed E-state index contributed by atoms with van der Waals surface area (Å²) in [7, 11) is 0. The van der Waals surface area contributed by atoms with Crippen molar-refractivity contribution in [3.8, 4) is 5.69 Å². The van der Waals surface area contributed by atoms with Crippen molar-refractivity contribution in [1.29, 1.82) is 0 Å². The number of nitro groups is 1. The number of carbonyl (C=O) groups is 2. The molecule has 0 radical (unpaired) electrons. The van der Waals surface area contributed by atoms with Gasteiger partial charge in [-0.05, 0) is 30.9 Å². The average Bonchev–Trinajstić information content (AvgIpc) is 3.46. The molecule has 0 bridgehead atoms. The fourth-order valence-electron chi connectivity index (χ4n) is 4.23. The Morgan fingerprint density at radius 3 is 2.30 bits per heavy atom. The van der Waals surface area contributed by atoms with Crippen molar-refractivity contribution in [3.05, 3.63) is 52.3 Å². The number of amides is 2. The molecule has 0 N–H and O–H groups in total. The molecule has 1 saturated carbocycles. The molecular weight excluding hydrogens is 386 g/mol. The number of nitrogens with zero attached hydrogens (tertiary/aromatic N) is 5. The molecule has 158 valence electrons. The minimum absolute atomic E-state index is 0.00237. The Labute approximate surface area is 174 Å². The van der Waals surface area contributed by atoms with E-state index >= 15 is 0 Å². The van der Waals surface area contributed by atoms with E-state index in [1.807, 2.05) is 4.90 Å². The number of aromatic nitrogens is 2. The molecule has 1 saturated heterocycles. The third-order valence-corrected chi connectivity index (χ3v) is 6.01. The Kier molecular flexibility index (Phi) is 5.78. The minimum Gasteiger partial charge on any atom is -0.339 e. The maximum atomic E-state index is 12.8. The molecule has 1 aromatic carbocycles. The van der Waals surface area contributed by atoms with Gasteiger partial charge in [-0.25, -0.2) is 4.68 Å². The van der Waals surface area contributed by atoms with E-state index in [1.54, 1.807) is 23.2 Å². The van der Waals surface area contributed by atoms with Gasteiger partial charge in [-0.2, -0.15) is 5.10 Å². The van der Waals surface area contributed by atoms with Crippen LogP contribution in [0.4, 0.5) is 5.69 Å². The Morgan fingerprint density at radius 1 is 1.03 bits per heavy atom. The van der Waals surface area contributed by atoms with Crippen molar-refractivity contribution in [2.24, 2.45) is 5.92 Å². The second-order valence-corrected chi connectivity index (χ2v) is 7.97. The van der Waals surface area contributed by atoms with Gasteiger partial charge in [0.25, 0.3) is 11.6 Å². The molecule has 30 heavy (non-hydrogen) atoms. The van der Waals surface area contributed by atoms with E-state index in [0.717, 1.165) is 12.8 Å². The zero-order chi connectivity index (χ0) is 21.1. The lowest BCUT2D eigenvalue weighted by Gasteiger charge is -2.35. The SMILES string of the molecule is O=C(CC1CCCC1)N1CCN(C(=O)c2cnn(-c3ccc([N+](=O)[O-])cc3)c2)CC1. The van der Waals surface area contributed by atoms with E-state index in [9.17, 15) is 19.7 Å². The second-order valence-electron chi connectivity index (χ2n) is 7.97. The van der Waals surface area contributed by atoms with E-state index in [-0.39, 0.29) is 17.5 Å². The molecule has 0 atom stereocenters. The predicted octanol–water partition coefficient (Wildman–Crippen LogP) is 2.65. The molecule has 2 aliphatic rings. The van der Waals surface area contributed by atoms with Gasteiger partial charge in [-0.15, -0.1) is 0 Å². The van der Waals surface area contributed by atoms with Crippen LogP contribution in [0.5, 0.6) is 0 Å². The van der Waals surface area contributed by atoms with Crippen LogP contribution in [0.3, 0.4) is 0 Å². The van der Waals surface area contributed by atoms with Crippen molar-refractivity contribution < 1.29 is 14.5 Å². The predicted molar refractivity (Wildman–Crippen MR) is 109 cm³/mol. The maximum Gasteiger partial charge on any atom is 0.269 e. The maximum absolute atomic E-state index is 12.8. The highest BCUT2D eigenvalue weighted by molar-refractivity contribution is 5.94. The van der Waals surface area contributed by atoms with Gasteiger partial charge in [0, 0.05) is 50.9 Å². The first-order valence-corrected chi connectivity index (χ1v) is 10.4. The number of hydrogen-bond acceptors (Lipinski definition) is 5. The number of rotatable bonds is 5. The van der Waals surface area contributed by atoms with Gasteiger partial charge in [-0.3, -0.25) is 19.7 Å². The number of carbonyl (C=O) groups excluding carboxylic acids is 2. The van der Waals surface area contributed by atoms with Gasteiger partial charge in [0.15, 0.2) is 0 Å². The number of nitro benzene ring substituents is 1. The zero-order valence-electron chi connectivity index (χ0n) is 16.8. The van der Waals surface area contributed by atoms with Gasteiger partial charge >= 0.3 is 0 Å². The smallest absolute Gasteiger partial charge is 0.269 e. The highest BCUT2D eigenvalue weighted by Crippen LogP contribution is 2.28. The van der Waals surface area contributed by atoms with Crippen LogP contribution in [-0.4, -0.2) is 62.5 Å². The summed E-state index contributed by atoms with van der Waals surface area (Å²) in [5.41, 5.74) is 1.10. The second kappa shape index (κ2) is 8.64. The lowest BCUT2D eigenvalue weighted by atomic mass is 10.0. The number of benzene rings is 1. The van der Waals surface area contributed by atoms with E-state index in [1.165, 1.54) is 35.9 Å². The van der Waals surface area contributed by atoms with E-state index in [4.69, 9.17) is 0 Å². The molecule has 9 heteroatoms. The number of piperazine rings is 1. The lowest BCUT2D eigenvalue weighted by molar-refractivity contribution is -0.384. The summed E-state index contributed by atoms with van der Waals surface area (Å²) < 4.78 is 1.53. The van der Waals surface area contributed by atoms with E-state index in [2.05, 4.69) is 5.10 Å². The monoisotopic (exact) mass is 411 g/mol. The molecule has 0 spiro atoms. The first kappa shape index (κ1) is 20.1. The quantitative estimate of drug-likeness (QED) is 0.556. The topological polar surface area (TPSA) is 102 Å². The lowest BCUT2D eigenvalue weighted by Crippen LogP contribution is -2.50. The highest BCUT2D eigenvalue weighted by atomic mass is 16.6. The summed E-state index contributed by atoms with van der Waals surface area (Å²) >= 11 is 0. The summed E-state index contributed by atoms with van der Waals surface area (Å²) in [6.07, 6.45) is 8.53. The molecule has 2 heterocycles. The Bertz CT molecular complexity index is 925. The number of hydrogen-bond donors (Lipinski definition) is 0. The standard InChI is InChI=1S/C21H25N5O4/c27-20(13-16-3-1-2-4-16)23-9-11-24(12-10-23)21(28)17-14-22-25(15-17)18-5-7-19(8-6-18)26(29)30/h5-8,14-16H,1-4,9-13H2. The Balaban J connectivity index is 1.33. The third-order valence-electron chi connectivity index (χ3n) is 6.01. The minimum atomic E-state index is -0.458. The Hall–Kier alpha value is -3.23. The van der Waals surface area contributed by atoms with Gasteiger partial charge < -0.3 is 9.80 Å². The fourth-order valence-corrected chi connectivity index (χ4v) is 4.23. The average molecular weight is 411 g/mol. The van der Waals surface area contributed by atoms with Gasteiger partial charge in [0.05, 0.1) is 22.4 Å². The molecule has 1 aliphatic carbocycles. The molecular formula is C21H25N5O4. The summed E-state index contributed by atoms with van der Waals surface area (Å²) in [4.78, 5) is 39.3. The summed E-state index contributed by atoms with van der Waals surface area (Å²) in [5, 5.41) is 15.0. The van der Waals surface area contributed by atoms with Crippen LogP contribution in [0.1, 0.15) is 42.5 Å². The van der Waals surface area contributed by atoms with Crippen molar-refractivity contribution in [2.45, 2.75) is 32.1 Å². The van der Waals surface area contributed by atoms with Crippen LogP contribution in [0, 0.1) is 16.0 Å². The van der Waals surface area contributed by atoms with Crippen molar-refractivity contribution in [3.63, 3.8) is 0 Å². The van der Waals surface area contributed by atoms with E-state index in [0.29, 0.717) is 49.8 Å². The van der Waals surface area contributed by atoms with Crippen LogP contribution in [-0.2, 0) is 4.79 Å². The van der Waals surface area contributed by atoms with Crippen LogP contribution < -0.4 is 0 Å². The van der Waals surface area contributed by atoms with Gasteiger partial charge in [-0.1, -0.05) is 12.8 Å². The fraction of sp³-hybridized carbons (Fsp3) is 0.476. The third kappa shape index (κ3) is 4.34. The van der Waals surface area contributed by atoms with Crippen LogP contribution in [0.25, 0.3) is 5.69 Å². The van der Waals surface area contributed by atoms with Crippen molar-refractivity contribution >= 4 is 17.5 Å². The van der Waals surface area contributed by atoms with Gasteiger partial charge in [0.1, 0.15) is 0 Å². The molecule has 9 nitrogen and oxygen atoms in total. The van der Waals surface area contributed by atoms with Crippen LogP contribution in [0.2, 0.25) is 0 Å². The molecule has 1 aromatic heterocycles. The molecule has 4 rings (SSSR count). The molecule has 2 amide bonds. The van der Waals surface area contributed by atoms with Crippen LogP contribution in [0.15, 0.2) is 36.7 Å². The van der Waals surface area contributed by atoms with Crippen molar-refractivity contribution in [1.82, 2.24) is 19.6 Å². The molecule has 2 aromatic rings. The Morgan fingerprint density at radius 2 is 1.67 bits per heavy atom. The first-order chi connectivity index (χ1) is 14.5. The molecule has 2 fully saturated rings. The summed E-state index contributed by atoms with van der Waals surface area (Å²) in [6, 6.07) is 5.99. The normalized spacial score (nSPS) is 17.3. The first-order valence-electron chi connectivity index (χ1n) is 10.4. The van der Waals surface area contributed by atoms with Gasteiger partial charge in [0.2, 0.25) is 5.91 Å². The largest absolute Gasteiger partial charge is 0.339 e. The molecule has 1 aliphatic heterocycles. The molecule has 0 unspecified atom stereocenters. The zero-order valence-corrected chi connectivity index (χ0v) is 16.8. The summed E-state index contributed by atoms with van der Waals surface area (Å²) in [6.45, 7) is 2.15.